The molecule has 0 spiro atoms. The van der Waals surface area contributed by atoms with Crippen LogP contribution in [0.15, 0.2) is 72.8 Å². The Morgan fingerprint density at radius 2 is 0.806 bits per heavy atom. The molecule has 3 aromatic rings. The van der Waals surface area contributed by atoms with Gasteiger partial charge in [0.2, 0.25) is 11.6 Å². The first-order chi connectivity index (χ1) is 16.8. The molecule has 0 heterocycles. The van der Waals surface area contributed by atoms with Crippen molar-refractivity contribution >= 4 is 23.1 Å². The molecule has 10 heteroatoms. The minimum Gasteiger partial charge on any atom is -0.294 e. The molecule has 0 aliphatic rings. The van der Waals surface area contributed by atoms with Crippen LogP contribution in [-0.2, 0) is 9.59 Å². The first-order valence-corrected chi connectivity index (χ1v) is 10.3. The van der Waals surface area contributed by atoms with Gasteiger partial charge in [0, 0.05) is 11.1 Å². The maximum absolute atomic E-state index is 12.4. The predicted molar refractivity (Wildman–Crippen MR) is 117 cm³/mol. The van der Waals surface area contributed by atoms with Gasteiger partial charge >= 0.3 is 12.4 Å². The SMILES string of the molecule is O=C(CC(=O)C(F)(F)F)c1ccc(-c2ccccc2-c2ccc(C(=O)CC(=O)C(F)(F)F)cc2)cc1. The molecular formula is C26H16F6O4. The second-order valence-corrected chi connectivity index (χ2v) is 7.74. The summed E-state index contributed by atoms with van der Waals surface area (Å²) in [5.74, 6) is -6.21. The fourth-order valence-corrected chi connectivity index (χ4v) is 3.35. The lowest BCUT2D eigenvalue weighted by Gasteiger charge is -2.12. The number of ketones is 4. The van der Waals surface area contributed by atoms with Crippen LogP contribution in [0.5, 0.6) is 0 Å². The number of halogens is 6. The summed E-state index contributed by atoms with van der Waals surface area (Å²) < 4.78 is 74.4. The van der Waals surface area contributed by atoms with Gasteiger partial charge in [-0.2, -0.15) is 26.3 Å². The molecule has 3 aromatic carbocycles. The summed E-state index contributed by atoms with van der Waals surface area (Å²) >= 11 is 0. The van der Waals surface area contributed by atoms with Crippen LogP contribution in [0.2, 0.25) is 0 Å². The minimum atomic E-state index is -5.09. The zero-order chi connectivity index (χ0) is 26.7. The zero-order valence-electron chi connectivity index (χ0n) is 18.2. The van der Waals surface area contributed by atoms with Crippen LogP contribution in [0.1, 0.15) is 33.6 Å². The second-order valence-electron chi connectivity index (χ2n) is 7.74. The second kappa shape index (κ2) is 10.3. The van der Waals surface area contributed by atoms with E-state index in [9.17, 15) is 45.5 Å². The van der Waals surface area contributed by atoms with E-state index in [2.05, 4.69) is 0 Å². The Balaban J connectivity index is 1.82. The number of rotatable bonds is 8. The first kappa shape index (κ1) is 26.5. The smallest absolute Gasteiger partial charge is 0.294 e. The third-order valence-electron chi connectivity index (χ3n) is 5.24. The standard InChI is InChI=1S/C26H16F6O4/c27-25(28,29)23(35)13-21(33)17-9-5-15(6-10-17)19-3-1-2-4-20(19)16-7-11-18(12-8-16)22(34)14-24(36)26(30,31)32/h1-12H,13-14H2. The topological polar surface area (TPSA) is 68.3 Å². The van der Waals surface area contributed by atoms with Crippen molar-refractivity contribution in [1.82, 2.24) is 0 Å². The molecule has 0 aliphatic heterocycles. The van der Waals surface area contributed by atoms with E-state index < -0.39 is 48.3 Å². The van der Waals surface area contributed by atoms with E-state index in [4.69, 9.17) is 0 Å². The van der Waals surface area contributed by atoms with Crippen molar-refractivity contribution in [3.05, 3.63) is 83.9 Å². The van der Waals surface area contributed by atoms with Gasteiger partial charge in [0.25, 0.3) is 0 Å². The van der Waals surface area contributed by atoms with Gasteiger partial charge in [-0.3, -0.25) is 19.2 Å². The quantitative estimate of drug-likeness (QED) is 0.201. The molecule has 0 aliphatic carbocycles. The summed E-state index contributed by atoms with van der Waals surface area (Å²) in [5, 5.41) is 0. The number of alkyl halides is 6. The van der Waals surface area contributed by atoms with E-state index in [1.165, 1.54) is 48.5 Å². The van der Waals surface area contributed by atoms with Crippen molar-refractivity contribution in [1.29, 1.82) is 0 Å². The summed E-state index contributed by atoms with van der Waals surface area (Å²) in [6.45, 7) is 0. The highest BCUT2D eigenvalue weighted by Crippen LogP contribution is 2.33. The van der Waals surface area contributed by atoms with E-state index in [0.29, 0.717) is 22.3 Å². The number of hydrogen-bond donors (Lipinski definition) is 0. The van der Waals surface area contributed by atoms with Crippen molar-refractivity contribution in [3.8, 4) is 22.3 Å². The highest BCUT2D eigenvalue weighted by Gasteiger charge is 2.40. The van der Waals surface area contributed by atoms with Crippen molar-refractivity contribution in [2.75, 3.05) is 0 Å². The summed E-state index contributed by atoms with van der Waals surface area (Å²) in [5.41, 5.74) is 2.39. The Kier molecular flexibility index (Phi) is 7.57. The monoisotopic (exact) mass is 506 g/mol. The fourth-order valence-electron chi connectivity index (χ4n) is 3.35. The molecule has 4 nitrogen and oxygen atoms in total. The highest BCUT2D eigenvalue weighted by molar-refractivity contribution is 6.10. The number of Topliss-reactive ketones (excluding diaryl/α,β-unsaturated/α-hetero) is 4. The summed E-state index contributed by atoms with van der Waals surface area (Å²) in [6.07, 6.45) is -12.8. The van der Waals surface area contributed by atoms with Gasteiger partial charge in [-0.1, -0.05) is 72.8 Å². The first-order valence-electron chi connectivity index (χ1n) is 10.3. The Morgan fingerprint density at radius 3 is 1.08 bits per heavy atom. The van der Waals surface area contributed by atoms with E-state index in [1.54, 1.807) is 24.3 Å². The third-order valence-corrected chi connectivity index (χ3v) is 5.24. The molecule has 0 unspecified atom stereocenters. The molecule has 0 atom stereocenters. The normalized spacial score (nSPS) is 11.7. The third kappa shape index (κ3) is 6.32. The lowest BCUT2D eigenvalue weighted by molar-refractivity contribution is -0.170. The molecular weight excluding hydrogens is 490 g/mol. The number of hydrogen-bond acceptors (Lipinski definition) is 4. The van der Waals surface area contributed by atoms with Gasteiger partial charge in [-0.25, -0.2) is 0 Å². The largest absolute Gasteiger partial charge is 0.450 e. The van der Waals surface area contributed by atoms with Crippen LogP contribution < -0.4 is 0 Å². The van der Waals surface area contributed by atoms with Gasteiger partial charge in [0.1, 0.15) is 0 Å². The number of benzene rings is 3. The van der Waals surface area contributed by atoms with Crippen LogP contribution in [0, 0.1) is 0 Å². The van der Waals surface area contributed by atoms with E-state index in [1.807, 2.05) is 0 Å². The molecule has 3 rings (SSSR count). The van der Waals surface area contributed by atoms with Crippen molar-refractivity contribution in [2.45, 2.75) is 25.2 Å². The average molecular weight is 506 g/mol. The highest BCUT2D eigenvalue weighted by atomic mass is 19.4. The molecule has 0 saturated heterocycles. The van der Waals surface area contributed by atoms with Gasteiger partial charge in [-0.05, 0) is 22.3 Å². The Hall–Kier alpha value is -4.08. The van der Waals surface area contributed by atoms with Gasteiger partial charge in [0.05, 0.1) is 12.8 Å². The van der Waals surface area contributed by atoms with Crippen LogP contribution in [-0.4, -0.2) is 35.5 Å². The summed E-state index contributed by atoms with van der Waals surface area (Å²) in [7, 11) is 0. The summed E-state index contributed by atoms with van der Waals surface area (Å²) in [4.78, 5) is 46.2. The lowest BCUT2D eigenvalue weighted by atomic mass is 9.92. The molecule has 0 saturated carbocycles. The van der Waals surface area contributed by atoms with E-state index >= 15 is 0 Å². The van der Waals surface area contributed by atoms with Crippen LogP contribution >= 0.6 is 0 Å². The molecule has 0 amide bonds. The fraction of sp³-hybridized carbons (Fsp3) is 0.154. The van der Waals surface area contributed by atoms with Gasteiger partial charge < -0.3 is 0 Å². The zero-order valence-corrected chi connectivity index (χ0v) is 18.2. The Bertz CT molecular complexity index is 1200. The van der Waals surface area contributed by atoms with Gasteiger partial charge in [-0.15, -0.1) is 0 Å². The van der Waals surface area contributed by atoms with Crippen molar-refractivity contribution < 1.29 is 45.5 Å². The molecule has 186 valence electrons. The van der Waals surface area contributed by atoms with Crippen LogP contribution in [0.25, 0.3) is 22.3 Å². The minimum absolute atomic E-state index is 0.0647. The Morgan fingerprint density at radius 1 is 0.500 bits per heavy atom. The number of carbonyl (C=O) groups is 4. The van der Waals surface area contributed by atoms with E-state index in [-0.39, 0.29) is 11.1 Å². The maximum Gasteiger partial charge on any atom is 0.450 e. The molecule has 0 fully saturated rings. The van der Waals surface area contributed by atoms with Crippen LogP contribution in [0.3, 0.4) is 0 Å². The predicted octanol–water partition coefficient (Wildman–Crippen LogP) is 6.43. The van der Waals surface area contributed by atoms with Crippen molar-refractivity contribution in [3.63, 3.8) is 0 Å². The summed E-state index contributed by atoms with van der Waals surface area (Å²) in [6, 6.07) is 18.1. The van der Waals surface area contributed by atoms with E-state index in [0.717, 1.165) is 0 Å². The lowest BCUT2D eigenvalue weighted by Crippen LogP contribution is -2.25. The Labute approximate surface area is 200 Å². The molecule has 0 N–H and O–H groups in total. The molecule has 0 aromatic heterocycles. The van der Waals surface area contributed by atoms with Crippen molar-refractivity contribution in [2.24, 2.45) is 0 Å². The maximum atomic E-state index is 12.4. The van der Waals surface area contributed by atoms with Crippen LogP contribution in [0.4, 0.5) is 26.3 Å². The molecule has 0 bridgehead atoms. The number of carbonyl (C=O) groups excluding carboxylic acids is 4. The average Bonchev–Trinajstić information content (AvgIpc) is 2.83. The van der Waals surface area contributed by atoms with Gasteiger partial charge in [0.15, 0.2) is 11.6 Å². The molecule has 36 heavy (non-hydrogen) atoms. The molecule has 0 radical (unpaired) electrons.